The number of hydrogen-bond donors (Lipinski definition) is 0. The Labute approximate surface area is 219 Å². The Morgan fingerprint density at radius 1 is 0.718 bits per heavy atom. The molecule has 1 fully saturated rings. The van der Waals surface area contributed by atoms with Crippen molar-refractivity contribution in [1.82, 2.24) is 8.61 Å². The minimum atomic E-state index is -5.28. The van der Waals surface area contributed by atoms with Crippen LogP contribution in [0, 0.1) is 20.2 Å². The SMILES string of the molecule is O=C(c1ccccc1)C1C(=O)N(S(=O)(=O)c2cccc([N+](=O)[O-])c2)C(=O)N1S(=O)(=O)c1cccc([N+](=O)[O-])c1. The van der Waals surface area contributed by atoms with Crippen LogP contribution >= 0.6 is 0 Å². The zero-order valence-electron chi connectivity index (χ0n) is 19.2. The lowest BCUT2D eigenvalue weighted by Crippen LogP contribution is -2.45. The molecule has 3 aromatic carbocycles. The maximum Gasteiger partial charge on any atom is 0.356 e. The van der Waals surface area contributed by atoms with Gasteiger partial charge in [0.15, 0.2) is 11.8 Å². The average molecular weight is 575 g/mol. The number of nitro benzene ring substituents is 2. The Morgan fingerprint density at radius 2 is 1.21 bits per heavy atom. The summed E-state index contributed by atoms with van der Waals surface area (Å²) in [6.45, 7) is 0. The number of non-ortho nitro benzene ring substituents is 2. The molecule has 0 saturated carbocycles. The molecule has 0 aromatic heterocycles. The highest BCUT2D eigenvalue weighted by Crippen LogP contribution is 2.34. The van der Waals surface area contributed by atoms with Gasteiger partial charge in [0, 0.05) is 29.8 Å². The summed E-state index contributed by atoms with van der Waals surface area (Å²) < 4.78 is 53.0. The molecule has 3 amide bonds. The highest BCUT2D eigenvalue weighted by molar-refractivity contribution is 7.91. The van der Waals surface area contributed by atoms with Crippen molar-refractivity contribution in [2.75, 3.05) is 0 Å². The van der Waals surface area contributed by atoms with E-state index in [0.29, 0.717) is 12.1 Å². The van der Waals surface area contributed by atoms with Crippen LogP contribution in [0.2, 0.25) is 0 Å². The summed E-state index contributed by atoms with van der Waals surface area (Å²) in [5, 5.41) is 22.3. The van der Waals surface area contributed by atoms with Crippen molar-refractivity contribution < 1.29 is 41.1 Å². The molecule has 1 saturated heterocycles. The second kappa shape index (κ2) is 9.69. The summed E-state index contributed by atoms with van der Waals surface area (Å²) in [5.74, 6) is -3.03. The summed E-state index contributed by atoms with van der Waals surface area (Å²) in [5.41, 5.74) is -1.67. The second-order valence-electron chi connectivity index (χ2n) is 7.83. The van der Waals surface area contributed by atoms with E-state index >= 15 is 0 Å². The van der Waals surface area contributed by atoms with E-state index in [0.717, 1.165) is 36.4 Å². The molecule has 1 aliphatic heterocycles. The third-order valence-electron chi connectivity index (χ3n) is 5.49. The van der Waals surface area contributed by atoms with Crippen LogP contribution in [0.1, 0.15) is 10.4 Å². The fourth-order valence-electron chi connectivity index (χ4n) is 3.68. The van der Waals surface area contributed by atoms with Crippen LogP contribution in [-0.4, -0.2) is 59.1 Å². The van der Waals surface area contributed by atoms with E-state index in [2.05, 4.69) is 0 Å². The minimum absolute atomic E-state index is 0.252. The fourth-order valence-corrected chi connectivity index (χ4v) is 6.59. The molecule has 1 unspecified atom stereocenters. The Morgan fingerprint density at radius 3 is 1.69 bits per heavy atom. The monoisotopic (exact) mass is 574 g/mol. The van der Waals surface area contributed by atoms with E-state index in [1.807, 2.05) is 0 Å². The first kappa shape index (κ1) is 27.0. The number of rotatable bonds is 8. The summed E-state index contributed by atoms with van der Waals surface area (Å²) in [7, 11) is -10.5. The third-order valence-corrected chi connectivity index (χ3v) is 8.89. The van der Waals surface area contributed by atoms with Crippen LogP contribution < -0.4 is 0 Å². The van der Waals surface area contributed by atoms with Gasteiger partial charge in [-0.3, -0.25) is 29.8 Å². The number of carbonyl (C=O) groups is 3. The highest BCUT2D eigenvalue weighted by atomic mass is 32.2. The molecule has 1 atom stereocenters. The van der Waals surface area contributed by atoms with Crippen molar-refractivity contribution >= 4 is 49.1 Å². The summed E-state index contributed by atoms with van der Waals surface area (Å²) in [4.78, 5) is 58.8. The van der Waals surface area contributed by atoms with E-state index < -0.39 is 79.1 Å². The maximum absolute atomic E-state index is 13.5. The molecule has 0 radical (unpaired) electrons. The minimum Gasteiger partial charge on any atom is -0.291 e. The van der Waals surface area contributed by atoms with Gasteiger partial charge in [0.2, 0.25) is 0 Å². The maximum atomic E-state index is 13.5. The van der Waals surface area contributed by atoms with Gasteiger partial charge in [-0.1, -0.05) is 42.5 Å². The van der Waals surface area contributed by atoms with Crippen LogP contribution in [0.15, 0.2) is 88.7 Å². The number of ketones is 1. The fraction of sp³-hybridized carbons (Fsp3) is 0.0455. The van der Waals surface area contributed by atoms with Gasteiger partial charge in [0.1, 0.15) is 0 Å². The highest BCUT2D eigenvalue weighted by Gasteiger charge is 2.59. The van der Waals surface area contributed by atoms with E-state index in [1.165, 1.54) is 30.3 Å². The van der Waals surface area contributed by atoms with Gasteiger partial charge in [-0.2, -0.15) is 4.31 Å². The average Bonchev–Trinajstić information content (AvgIpc) is 3.19. The first-order chi connectivity index (χ1) is 18.3. The second-order valence-corrected chi connectivity index (χ2v) is 11.4. The predicted molar refractivity (Wildman–Crippen MR) is 129 cm³/mol. The number of Topliss-reactive ketones (excluding diaryl/α,β-unsaturated/α-hetero) is 1. The van der Waals surface area contributed by atoms with Gasteiger partial charge >= 0.3 is 6.03 Å². The lowest BCUT2D eigenvalue weighted by Gasteiger charge is -2.20. The van der Waals surface area contributed by atoms with E-state index in [4.69, 9.17) is 0 Å². The first-order valence-electron chi connectivity index (χ1n) is 10.5. The van der Waals surface area contributed by atoms with Crippen molar-refractivity contribution in [1.29, 1.82) is 0 Å². The number of nitro groups is 2. The molecular formula is C22H14N4O11S2. The lowest BCUT2D eigenvalue weighted by atomic mass is 10.0. The molecule has 39 heavy (non-hydrogen) atoms. The number of benzene rings is 3. The molecule has 17 heteroatoms. The quantitative estimate of drug-likeness (QED) is 0.125. The smallest absolute Gasteiger partial charge is 0.291 e. The van der Waals surface area contributed by atoms with Gasteiger partial charge < -0.3 is 0 Å². The number of imide groups is 1. The Bertz CT molecular complexity index is 1770. The van der Waals surface area contributed by atoms with Crippen molar-refractivity contribution in [3.8, 4) is 0 Å². The van der Waals surface area contributed by atoms with Gasteiger partial charge in [-0.15, -0.1) is 4.31 Å². The third kappa shape index (κ3) is 4.59. The van der Waals surface area contributed by atoms with Crippen molar-refractivity contribution in [2.45, 2.75) is 15.8 Å². The number of sulfonamides is 2. The number of amides is 3. The van der Waals surface area contributed by atoms with Crippen LogP contribution in [0.4, 0.5) is 16.2 Å². The summed E-state index contributed by atoms with van der Waals surface area (Å²) in [6.07, 6.45) is 0. The first-order valence-corrected chi connectivity index (χ1v) is 13.4. The van der Waals surface area contributed by atoms with Crippen LogP contribution in [0.5, 0.6) is 0 Å². The van der Waals surface area contributed by atoms with Gasteiger partial charge in [-0.25, -0.2) is 21.6 Å². The molecule has 0 bridgehead atoms. The molecule has 1 heterocycles. The number of nitrogens with zero attached hydrogens (tertiary/aromatic N) is 4. The number of hydrogen-bond acceptors (Lipinski definition) is 11. The molecule has 15 nitrogen and oxygen atoms in total. The van der Waals surface area contributed by atoms with Gasteiger partial charge in [0.25, 0.3) is 37.3 Å². The Kier molecular flexibility index (Phi) is 6.71. The number of carbonyl (C=O) groups excluding carboxylic acids is 3. The van der Waals surface area contributed by atoms with Crippen LogP contribution in [-0.2, 0) is 24.8 Å². The lowest BCUT2D eigenvalue weighted by molar-refractivity contribution is -0.385. The molecule has 4 rings (SSSR count). The van der Waals surface area contributed by atoms with Crippen LogP contribution in [0.25, 0.3) is 0 Å². The van der Waals surface area contributed by atoms with Crippen molar-refractivity contribution in [3.63, 3.8) is 0 Å². The standard InChI is InChI=1S/C22H14N4O11S2/c27-20(14-6-2-1-3-7-14)19-21(28)24(39(36,37)18-11-5-9-16(13-18)26(32)33)22(29)23(19)38(34,35)17-10-4-8-15(12-17)25(30)31/h1-13,19H. The normalized spacial score (nSPS) is 15.8. The number of urea groups is 1. The largest absolute Gasteiger partial charge is 0.356 e. The van der Waals surface area contributed by atoms with Gasteiger partial charge in [0.05, 0.1) is 19.6 Å². The molecule has 0 spiro atoms. The predicted octanol–water partition coefficient (Wildman–Crippen LogP) is 2.10. The van der Waals surface area contributed by atoms with Crippen LogP contribution in [0.3, 0.4) is 0 Å². The summed E-state index contributed by atoms with van der Waals surface area (Å²) >= 11 is 0. The molecule has 0 aliphatic carbocycles. The molecular weight excluding hydrogens is 560 g/mol. The van der Waals surface area contributed by atoms with E-state index in [-0.39, 0.29) is 9.87 Å². The van der Waals surface area contributed by atoms with Crippen molar-refractivity contribution in [2.24, 2.45) is 0 Å². The Hall–Kier alpha value is -5.03. The van der Waals surface area contributed by atoms with E-state index in [1.54, 1.807) is 0 Å². The zero-order chi connectivity index (χ0) is 28.7. The molecule has 3 aromatic rings. The topological polar surface area (TPSA) is 212 Å². The van der Waals surface area contributed by atoms with E-state index in [9.17, 15) is 51.4 Å². The molecule has 0 N–H and O–H groups in total. The van der Waals surface area contributed by atoms with Gasteiger partial charge in [-0.05, 0) is 12.1 Å². The summed E-state index contributed by atoms with van der Waals surface area (Å²) in [6, 6.07) is 8.68. The molecule has 1 aliphatic rings. The Balaban J connectivity index is 1.91. The van der Waals surface area contributed by atoms with Crippen molar-refractivity contribution in [3.05, 3.63) is 105 Å². The molecule has 200 valence electrons. The zero-order valence-corrected chi connectivity index (χ0v) is 20.8.